The number of carbonyl (C=O) groups is 2. The van der Waals surface area contributed by atoms with Crippen LogP contribution >= 0.6 is 0 Å². The molecule has 4 rings (SSSR count). The minimum Gasteiger partial charge on any atom is -0.489 e. The molecule has 1 amide bonds. The summed E-state index contributed by atoms with van der Waals surface area (Å²) in [5, 5.41) is 11.2. The maximum atomic E-state index is 13.0. The summed E-state index contributed by atoms with van der Waals surface area (Å²) in [7, 11) is 0. The zero-order valence-electron chi connectivity index (χ0n) is 20.1. The number of halogens is 3. The van der Waals surface area contributed by atoms with Gasteiger partial charge >= 0.3 is 12.1 Å². The molecule has 0 aliphatic heterocycles. The number of alkyl halides is 3. The number of carboxylic acids is 1. The standard InChI is InChI=1S/C28H28F3NO5/c29-28(30,31)22-10-6-18(7-11-22)24-16-21(26(37-24)19-4-2-1-3-5-19)17-36-23-12-8-20(9-13-23)27(35)32-15-14-25(33)34/h6-13,16,19H,1-5,14-15,17H2,(H,32,35)(H,33,34). The Morgan fingerprint density at radius 1 is 1.00 bits per heavy atom. The number of rotatable bonds is 9. The van der Waals surface area contributed by atoms with Gasteiger partial charge in [-0.1, -0.05) is 31.4 Å². The highest BCUT2D eigenvalue weighted by Crippen LogP contribution is 2.39. The van der Waals surface area contributed by atoms with Crippen molar-refractivity contribution in [3.05, 3.63) is 77.0 Å². The molecule has 1 saturated carbocycles. The number of carbonyl (C=O) groups excluding carboxylic acids is 1. The van der Waals surface area contributed by atoms with Gasteiger partial charge in [0.25, 0.3) is 5.91 Å². The van der Waals surface area contributed by atoms with Crippen molar-refractivity contribution >= 4 is 11.9 Å². The van der Waals surface area contributed by atoms with Crippen LogP contribution in [-0.2, 0) is 17.6 Å². The summed E-state index contributed by atoms with van der Waals surface area (Å²) in [6.07, 6.45) is 0.773. The summed E-state index contributed by atoms with van der Waals surface area (Å²) in [4.78, 5) is 22.7. The molecule has 1 aromatic heterocycles. The van der Waals surface area contributed by atoms with Gasteiger partial charge in [-0.05, 0) is 55.3 Å². The third kappa shape index (κ3) is 6.93. The maximum Gasteiger partial charge on any atom is 0.416 e. The Labute approximate surface area is 212 Å². The third-order valence-corrected chi connectivity index (χ3v) is 6.45. The molecule has 0 bridgehead atoms. The predicted octanol–water partition coefficient (Wildman–Crippen LogP) is 6.80. The van der Waals surface area contributed by atoms with Crippen LogP contribution in [0.25, 0.3) is 11.3 Å². The first-order valence-electron chi connectivity index (χ1n) is 12.2. The first-order chi connectivity index (χ1) is 17.7. The average molecular weight is 516 g/mol. The molecular formula is C28H28F3NO5. The molecule has 2 N–H and O–H groups in total. The number of carboxylic acid groups (broad SMARTS) is 1. The Morgan fingerprint density at radius 2 is 1.68 bits per heavy atom. The van der Waals surface area contributed by atoms with Crippen molar-refractivity contribution in [1.82, 2.24) is 5.32 Å². The van der Waals surface area contributed by atoms with Gasteiger partial charge in [-0.2, -0.15) is 13.2 Å². The minimum atomic E-state index is -4.40. The molecule has 196 valence electrons. The lowest BCUT2D eigenvalue weighted by molar-refractivity contribution is -0.138. The van der Waals surface area contributed by atoms with E-state index < -0.39 is 17.7 Å². The van der Waals surface area contributed by atoms with E-state index in [0.717, 1.165) is 49.1 Å². The Bertz CT molecular complexity index is 1210. The van der Waals surface area contributed by atoms with Crippen LogP contribution < -0.4 is 10.1 Å². The molecule has 6 nitrogen and oxygen atoms in total. The highest BCUT2D eigenvalue weighted by atomic mass is 19.4. The Balaban J connectivity index is 1.47. The Morgan fingerprint density at radius 3 is 2.30 bits per heavy atom. The summed E-state index contributed by atoms with van der Waals surface area (Å²) >= 11 is 0. The first-order valence-corrected chi connectivity index (χ1v) is 12.2. The van der Waals surface area contributed by atoms with Gasteiger partial charge < -0.3 is 19.6 Å². The van der Waals surface area contributed by atoms with E-state index in [-0.39, 0.29) is 31.4 Å². The number of ether oxygens (including phenoxy) is 1. The minimum absolute atomic E-state index is 0.0398. The molecular weight excluding hydrogens is 487 g/mol. The summed E-state index contributed by atoms with van der Waals surface area (Å²) in [6, 6.07) is 13.3. The van der Waals surface area contributed by atoms with Crippen LogP contribution in [0.3, 0.4) is 0 Å². The lowest BCUT2D eigenvalue weighted by atomic mass is 9.86. The van der Waals surface area contributed by atoms with Crippen LogP contribution in [0.4, 0.5) is 13.2 Å². The SMILES string of the molecule is O=C(O)CCNC(=O)c1ccc(OCc2cc(-c3ccc(C(F)(F)F)cc3)oc2C2CCCCC2)cc1. The van der Waals surface area contributed by atoms with Crippen molar-refractivity contribution in [2.45, 2.75) is 57.2 Å². The second-order valence-corrected chi connectivity index (χ2v) is 9.12. The summed E-state index contributed by atoms with van der Waals surface area (Å²) < 4.78 is 51.1. The molecule has 0 spiro atoms. The van der Waals surface area contributed by atoms with E-state index in [1.165, 1.54) is 18.6 Å². The molecule has 0 radical (unpaired) electrons. The van der Waals surface area contributed by atoms with Crippen molar-refractivity contribution in [3.63, 3.8) is 0 Å². The van der Waals surface area contributed by atoms with E-state index in [0.29, 0.717) is 22.6 Å². The fraction of sp³-hybridized carbons (Fsp3) is 0.357. The van der Waals surface area contributed by atoms with Gasteiger partial charge in [-0.25, -0.2) is 0 Å². The topological polar surface area (TPSA) is 88.8 Å². The van der Waals surface area contributed by atoms with E-state index in [4.69, 9.17) is 14.3 Å². The second-order valence-electron chi connectivity index (χ2n) is 9.12. The van der Waals surface area contributed by atoms with Gasteiger partial charge in [0.15, 0.2) is 0 Å². The smallest absolute Gasteiger partial charge is 0.416 e. The molecule has 1 aliphatic carbocycles. The largest absolute Gasteiger partial charge is 0.489 e. The first kappa shape index (κ1) is 26.3. The van der Waals surface area contributed by atoms with E-state index in [1.54, 1.807) is 24.3 Å². The van der Waals surface area contributed by atoms with Gasteiger partial charge in [0.1, 0.15) is 23.9 Å². The molecule has 0 saturated heterocycles. The fourth-order valence-electron chi connectivity index (χ4n) is 4.48. The van der Waals surface area contributed by atoms with Crippen molar-refractivity contribution in [3.8, 4) is 17.1 Å². The van der Waals surface area contributed by atoms with Crippen LogP contribution in [0.15, 0.2) is 59.0 Å². The third-order valence-electron chi connectivity index (χ3n) is 6.45. The maximum absolute atomic E-state index is 13.0. The molecule has 1 fully saturated rings. The number of benzene rings is 2. The van der Waals surface area contributed by atoms with E-state index in [2.05, 4.69) is 5.32 Å². The molecule has 9 heteroatoms. The van der Waals surface area contributed by atoms with Crippen LogP contribution in [-0.4, -0.2) is 23.5 Å². The molecule has 0 atom stereocenters. The van der Waals surface area contributed by atoms with E-state index in [1.807, 2.05) is 6.07 Å². The van der Waals surface area contributed by atoms with E-state index in [9.17, 15) is 22.8 Å². The summed E-state index contributed by atoms with van der Waals surface area (Å²) in [5.41, 5.74) is 1.08. The molecule has 2 aromatic carbocycles. The van der Waals surface area contributed by atoms with Crippen molar-refractivity contribution in [2.75, 3.05) is 6.54 Å². The van der Waals surface area contributed by atoms with Crippen LogP contribution in [0, 0.1) is 0 Å². The summed E-state index contributed by atoms with van der Waals surface area (Å²) in [6.45, 7) is 0.248. The number of aliphatic carboxylic acids is 1. The van der Waals surface area contributed by atoms with Gasteiger partial charge in [0.2, 0.25) is 0 Å². The lowest BCUT2D eigenvalue weighted by Crippen LogP contribution is -2.25. The normalized spacial score (nSPS) is 14.4. The summed E-state index contributed by atoms with van der Waals surface area (Å²) in [5.74, 6) is 0.715. The predicted molar refractivity (Wildman–Crippen MR) is 130 cm³/mol. The highest BCUT2D eigenvalue weighted by Gasteiger charge is 2.30. The molecule has 0 unspecified atom stereocenters. The second kappa shape index (κ2) is 11.5. The highest BCUT2D eigenvalue weighted by molar-refractivity contribution is 5.94. The van der Waals surface area contributed by atoms with Gasteiger partial charge in [-0.3, -0.25) is 9.59 Å². The van der Waals surface area contributed by atoms with Crippen LogP contribution in [0.5, 0.6) is 5.75 Å². The average Bonchev–Trinajstić information content (AvgIpc) is 3.32. The Hall–Kier alpha value is -3.75. The zero-order chi connectivity index (χ0) is 26.4. The van der Waals surface area contributed by atoms with Crippen molar-refractivity contribution in [1.29, 1.82) is 0 Å². The molecule has 1 aliphatic rings. The van der Waals surface area contributed by atoms with Gasteiger partial charge in [0, 0.05) is 29.2 Å². The van der Waals surface area contributed by atoms with Gasteiger partial charge in [0.05, 0.1) is 12.0 Å². The van der Waals surface area contributed by atoms with Gasteiger partial charge in [-0.15, -0.1) is 0 Å². The molecule has 1 heterocycles. The number of furan rings is 1. The fourth-order valence-corrected chi connectivity index (χ4v) is 4.48. The number of hydrogen-bond acceptors (Lipinski definition) is 4. The van der Waals surface area contributed by atoms with Crippen molar-refractivity contribution < 1.29 is 37.0 Å². The zero-order valence-corrected chi connectivity index (χ0v) is 20.1. The number of amides is 1. The van der Waals surface area contributed by atoms with Crippen LogP contribution in [0.2, 0.25) is 0 Å². The molecule has 37 heavy (non-hydrogen) atoms. The van der Waals surface area contributed by atoms with E-state index >= 15 is 0 Å². The Kier molecular flexibility index (Phi) is 8.21. The molecule has 3 aromatic rings. The monoisotopic (exact) mass is 515 g/mol. The van der Waals surface area contributed by atoms with Crippen LogP contribution in [0.1, 0.15) is 71.7 Å². The lowest BCUT2D eigenvalue weighted by Gasteiger charge is -2.21. The number of hydrogen-bond donors (Lipinski definition) is 2. The number of nitrogens with one attached hydrogen (secondary N) is 1. The quantitative estimate of drug-likeness (QED) is 0.327. The van der Waals surface area contributed by atoms with Crippen molar-refractivity contribution in [2.24, 2.45) is 0 Å².